The van der Waals surface area contributed by atoms with Crippen LogP contribution in [-0.4, -0.2) is 9.55 Å². The molecule has 0 bridgehead atoms. The van der Waals surface area contributed by atoms with Crippen molar-refractivity contribution in [2.75, 3.05) is 0 Å². The second-order valence-corrected chi connectivity index (χ2v) is 4.75. The minimum absolute atomic E-state index is 0.393. The number of para-hydroxylation sites is 1. The fraction of sp³-hybridized carbons (Fsp3) is 0.250. The molecule has 4 heteroatoms. The molecule has 0 saturated carbocycles. The topological polar surface area (TPSA) is 20.7 Å². The molecule has 84 valence electrons. The van der Waals surface area contributed by atoms with E-state index in [1.807, 2.05) is 35.0 Å². The summed E-state index contributed by atoms with van der Waals surface area (Å²) in [5.74, 6) is 0.393. The fourth-order valence-corrected chi connectivity index (χ4v) is 2.17. The molecule has 2 rings (SSSR count). The van der Waals surface area contributed by atoms with Gasteiger partial charge in [0.1, 0.15) is 0 Å². The molecule has 0 atom stereocenters. The standard InChI is InChI=1S/C12H13ClN2S/c1-8(2)11-7-14-12(16)15(11)10-6-4-3-5-9(10)13/h3-8H,1-2H3,(H,14,16). The number of aromatic nitrogens is 2. The summed E-state index contributed by atoms with van der Waals surface area (Å²) in [6, 6.07) is 7.71. The summed E-state index contributed by atoms with van der Waals surface area (Å²) in [6.45, 7) is 4.26. The van der Waals surface area contributed by atoms with Gasteiger partial charge >= 0.3 is 0 Å². The van der Waals surface area contributed by atoms with Crippen LogP contribution in [0.4, 0.5) is 0 Å². The molecule has 0 aliphatic rings. The van der Waals surface area contributed by atoms with E-state index < -0.39 is 0 Å². The summed E-state index contributed by atoms with van der Waals surface area (Å²) >= 11 is 11.5. The van der Waals surface area contributed by atoms with Gasteiger partial charge in [-0.05, 0) is 30.3 Å². The van der Waals surface area contributed by atoms with E-state index in [9.17, 15) is 0 Å². The van der Waals surface area contributed by atoms with Crippen molar-refractivity contribution < 1.29 is 0 Å². The molecule has 0 aliphatic carbocycles. The van der Waals surface area contributed by atoms with Crippen LogP contribution >= 0.6 is 23.8 Å². The molecule has 0 fully saturated rings. The molecular formula is C12H13ClN2S. The van der Waals surface area contributed by atoms with Crippen LogP contribution in [0.15, 0.2) is 30.5 Å². The zero-order valence-electron chi connectivity index (χ0n) is 9.20. The SMILES string of the molecule is CC(C)c1c[nH]c(=S)n1-c1ccccc1Cl. The lowest BCUT2D eigenvalue weighted by molar-refractivity contribution is 0.783. The van der Waals surface area contributed by atoms with Gasteiger partial charge in [0.15, 0.2) is 4.77 Å². The first-order valence-corrected chi connectivity index (χ1v) is 5.95. The van der Waals surface area contributed by atoms with Gasteiger partial charge in [-0.25, -0.2) is 0 Å². The number of nitrogens with one attached hydrogen (secondary N) is 1. The summed E-state index contributed by atoms with van der Waals surface area (Å²) in [4.78, 5) is 3.06. The number of H-pyrrole nitrogens is 1. The van der Waals surface area contributed by atoms with Crippen molar-refractivity contribution in [1.82, 2.24) is 9.55 Å². The summed E-state index contributed by atoms with van der Waals surface area (Å²) in [5, 5.41) is 0.708. The third kappa shape index (κ3) is 1.93. The molecular weight excluding hydrogens is 240 g/mol. The van der Waals surface area contributed by atoms with Crippen molar-refractivity contribution in [1.29, 1.82) is 0 Å². The van der Waals surface area contributed by atoms with Crippen LogP contribution in [0.3, 0.4) is 0 Å². The predicted octanol–water partition coefficient (Wildman–Crippen LogP) is 4.31. The Labute approximate surface area is 105 Å². The Morgan fingerprint density at radius 1 is 1.31 bits per heavy atom. The third-order valence-electron chi connectivity index (χ3n) is 2.49. The van der Waals surface area contributed by atoms with Gasteiger partial charge in [-0.15, -0.1) is 0 Å². The van der Waals surface area contributed by atoms with E-state index in [-0.39, 0.29) is 0 Å². The van der Waals surface area contributed by atoms with E-state index in [0.717, 1.165) is 11.4 Å². The fourth-order valence-electron chi connectivity index (χ4n) is 1.69. The summed E-state index contributed by atoms with van der Waals surface area (Å²) in [7, 11) is 0. The number of hydrogen-bond acceptors (Lipinski definition) is 1. The molecule has 0 saturated heterocycles. The van der Waals surface area contributed by atoms with Gasteiger partial charge in [0.05, 0.1) is 10.7 Å². The van der Waals surface area contributed by atoms with Crippen LogP contribution in [0.5, 0.6) is 0 Å². The normalized spacial score (nSPS) is 11.0. The first-order valence-electron chi connectivity index (χ1n) is 5.16. The minimum Gasteiger partial charge on any atom is -0.337 e. The summed E-state index contributed by atoms with van der Waals surface area (Å²) < 4.78 is 2.67. The molecule has 1 aromatic heterocycles. The van der Waals surface area contributed by atoms with Gasteiger partial charge in [0.2, 0.25) is 0 Å². The van der Waals surface area contributed by atoms with Crippen molar-refractivity contribution in [2.24, 2.45) is 0 Å². The Morgan fingerprint density at radius 3 is 2.62 bits per heavy atom. The Kier molecular flexibility index (Phi) is 3.17. The Morgan fingerprint density at radius 2 is 2.00 bits per heavy atom. The monoisotopic (exact) mass is 252 g/mol. The molecule has 0 radical (unpaired) electrons. The van der Waals surface area contributed by atoms with Gasteiger partial charge in [0, 0.05) is 11.9 Å². The highest BCUT2D eigenvalue weighted by Crippen LogP contribution is 2.25. The quantitative estimate of drug-likeness (QED) is 0.790. The molecule has 1 heterocycles. The second kappa shape index (κ2) is 4.44. The molecule has 0 spiro atoms. The van der Waals surface area contributed by atoms with Crippen molar-refractivity contribution in [2.45, 2.75) is 19.8 Å². The predicted molar refractivity (Wildman–Crippen MR) is 70.1 cm³/mol. The number of benzene rings is 1. The van der Waals surface area contributed by atoms with E-state index in [1.54, 1.807) is 0 Å². The third-order valence-corrected chi connectivity index (χ3v) is 3.11. The summed E-state index contributed by atoms with van der Waals surface area (Å²) in [6.07, 6.45) is 1.94. The van der Waals surface area contributed by atoms with Gasteiger partial charge in [-0.3, -0.25) is 4.57 Å². The van der Waals surface area contributed by atoms with Gasteiger partial charge in [-0.2, -0.15) is 0 Å². The highest BCUT2D eigenvalue weighted by Gasteiger charge is 2.11. The van der Waals surface area contributed by atoms with E-state index in [1.165, 1.54) is 0 Å². The zero-order valence-corrected chi connectivity index (χ0v) is 10.8. The Balaban J connectivity index is 2.69. The van der Waals surface area contributed by atoms with Crippen LogP contribution in [0.2, 0.25) is 5.02 Å². The van der Waals surface area contributed by atoms with Crippen molar-refractivity contribution in [3.63, 3.8) is 0 Å². The lowest BCUT2D eigenvalue weighted by Gasteiger charge is -2.12. The molecule has 0 amide bonds. The number of rotatable bonds is 2. The molecule has 2 aromatic rings. The second-order valence-electron chi connectivity index (χ2n) is 3.96. The van der Waals surface area contributed by atoms with Gasteiger partial charge in [0.25, 0.3) is 0 Å². The highest BCUT2D eigenvalue weighted by molar-refractivity contribution is 7.71. The van der Waals surface area contributed by atoms with Crippen molar-refractivity contribution in [3.8, 4) is 5.69 Å². The molecule has 16 heavy (non-hydrogen) atoms. The van der Waals surface area contributed by atoms with Gasteiger partial charge in [-0.1, -0.05) is 37.6 Å². The Hall–Kier alpha value is -1.06. The van der Waals surface area contributed by atoms with E-state index in [0.29, 0.717) is 15.7 Å². The number of aromatic amines is 1. The van der Waals surface area contributed by atoms with Crippen LogP contribution < -0.4 is 0 Å². The first kappa shape index (κ1) is 11.4. The maximum atomic E-state index is 6.18. The van der Waals surface area contributed by atoms with Crippen LogP contribution in [0, 0.1) is 4.77 Å². The number of halogens is 1. The average Bonchev–Trinajstić information content (AvgIpc) is 2.61. The van der Waals surface area contributed by atoms with Crippen LogP contribution in [-0.2, 0) is 0 Å². The molecule has 0 unspecified atom stereocenters. The lowest BCUT2D eigenvalue weighted by atomic mass is 10.1. The number of imidazole rings is 1. The lowest BCUT2D eigenvalue weighted by Crippen LogP contribution is -2.02. The van der Waals surface area contributed by atoms with Gasteiger partial charge < -0.3 is 4.98 Å². The number of nitrogens with zero attached hydrogens (tertiary/aromatic N) is 1. The molecule has 1 aromatic carbocycles. The van der Waals surface area contributed by atoms with Crippen molar-refractivity contribution in [3.05, 3.63) is 45.9 Å². The van der Waals surface area contributed by atoms with E-state index in [2.05, 4.69) is 18.8 Å². The molecule has 0 aliphatic heterocycles. The molecule has 1 N–H and O–H groups in total. The van der Waals surface area contributed by atoms with Crippen LogP contribution in [0.25, 0.3) is 5.69 Å². The average molecular weight is 253 g/mol. The largest absolute Gasteiger partial charge is 0.337 e. The minimum atomic E-state index is 0.393. The zero-order chi connectivity index (χ0) is 11.7. The highest BCUT2D eigenvalue weighted by atomic mass is 35.5. The van der Waals surface area contributed by atoms with Crippen molar-refractivity contribution >= 4 is 23.8 Å². The Bertz CT molecular complexity index is 554. The molecule has 2 nitrogen and oxygen atoms in total. The smallest absolute Gasteiger partial charge is 0.182 e. The summed E-state index contributed by atoms with van der Waals surface area (Å²) in [5.41, 5.74) is 2.07. The van der Waals surface area contributed by atoms with E-state index in [4.69, 9.17) is 23.8 Å². The van der Waals surface area contributed by atoms with E-state index >= 15 is 0 Å². The number of hydrogen-bond donors (Lipinski definition) is 1. The first-order chi connectivity index (χ1) is 7.61. The maximum Gasteiger partial charge on any atom is 0.182 e. The van der Waals surface area contributed by atoms with Crippen LogP contribution in [0.1, 0.15) is 25.5 Å². The maximum absolute atomic E-state index is 6.18.